The van der Waals surface area contributed by atoms with Gasteiger partial charge in [0.05, 0.1) is 6.61 Å². The second-order valence-electron chi connectivity index (χ2n) is 6.32. The number of hydrogen-bond acceptors (Lipinski definition) is 3. The van der Waals surface area contributed by atoms with Gasteiger partial charge in [-0.15, -0.1) is 0 Å². The number of benzene rings is 1. The lowest BCUT2D eigenvalue weighted by atomic mass is 9.81. The van der Waals surface area contributed by atoms with Crippen LogP contribution in [-0.4, -0.2) is 50.8 Å². The van der Waals surface area contributed by atoms with E-state index in [2.05, 4.69) is 68.2 Å². The Kier molecular flexibility index (Phi) is 7.94. The first-order valence-corrected chi connectivity index (χ1v) is 8.02. The van der Waals surface area contributed by atoms with Crippen molar-refractivity contribution in [2.45, 2.75) is 39.2 Å². The van der Waals surface area contributed by atoms with Crippen molar-refractivity contribution in [2.24, 2.45) is 0 Å². The fraction of sp³-hybridized carbons (Fsp3) is 0.667. The van der Waals surface area contributed by atoms with Crippen molar-refractivity contribution >= 4 is 0 Å². The molecule has 3 nitrogen and oxygen atoms in total. The third-order valence-corrected chi connectivity index (χ3v) is 4.00. The maximum Gasteiger partial charge on any atom is 0.0589 e. The standard InChI is InChI=1S/C18H32N2O/c1-6-20(12-13-21-5)15-18(4,14-19-16(2)3)17-10-8-7-9-11-17/h7-11,16,19H,6,12-15H2,1-5H3. The molecule has 0 aliphatic carbocycles. The minimum absolute atomic E-state index is 0.106. The third-order valence-electron chi connectivity index (χ3n) is 4.00. The van der Waals surface area contributed by atoms with E-state index in [1.807, 2.05) is 0 Å². The van der Waals surface area contributed by atoms with Crippen LogP contribution >= 0.6 is 0 Å². The average molecular weight is 292 g/mol. The first kappa shape index (κ1) is 18.1. The lowest BCUT2D eigenvalue weighted by molar-refractivity contribution is 0.134. The minimum atomic E-state index is 0.106. The second kappa shape index (κ2) is 9.19. The van der Waals surface area contributed by atoms with Crippen LogP contribution in [0.2, 0.25) is 0 Å². The van der Waals surface area contributed by atoms with Crippen LogP contribution in [0.25, 0.3) is 0 Å². The quantitative estimate of drug-likeness (QED) is 0.717. The van der Waals surface area contributed by atoms with Crippen LogP contribution in [0.3, 0.4) is 0 Å². The lowest BCUT2D eigenvalue weighted by Gasteiger charge is -2.36. The zero-order valence-electron chi connectivity index (χ0n) is 14.4. The molecule has 1 N–H and O–H groups in total. The predicted octanol–water partition coefficient (Wildman–Crippen LogP) is 2.91. The molecule has 1 atom stereocenters. The second-order valence-corrected chi connectivity index (χ2v) is 6.32. The van der Waals surface area contributed by atoms with E-state index in [1.165, 1.54) is 5.56 Å². The first-order valence-electron chi connectivity index (χ1n) is 8.02. The fourth-order valence-corrected chi connectivity index (χ4v) is 2.58. The van der Waals surface area contributed by atoms with E-state index in [0.717, 1.165) is 32.8 Å². The van der Waals surface area contributed by atoms with E-state index in [4.69, 9.17) is 4.74 Å². The number of rotatable bonds is 10. The molecule has 0 bridgehead atoms. The monoisotopic (exact) mass is 292 g/mol. The number of hydrogen-bond donors (Lipinski definition) is 1. The van der Waals surface area contributed by atoms with Gasteiger partial charge in [0.1, 0.15) is 0 Å². The summed E-state index contributed by atoms with van der Waals surface area (Å²) in [7, 11) is 1.77. The molecule has 120 valence electrons. The van der Waals surface area contributed by atoms with Crippen molar-refractivity contribution in [3.63, 3.8) is 0 Å². The molecule has 1 unspecified atom stereocenters. The Morgan fingerprint density at radius 1 is 1.24 bits per heavy atom. The molecule has 1 rings (SSSR count). The van der Waals surface area contributed by atoms with Crippen LogP contribution < -0.4 is 5.32 Å². The van der Waals surface area contributed by atoms with Gasteiger partial charge < -0.3 is 15.0 Å². The van der Waals surface area contributed by atoms with Gasteiger partial charge in [-0.05, 0) is 12.1 Å². The van der Waals surface area contributed by atoms with Crippen LogP contribution in [0, 0.1) is 0 Å². The van der Waals surface area contributed by atoms with Gasteiger partial charge in [-0.3, -0.25) is 0 Å². The van der Waals surface area contributed by atoms with E-state index in [-0.39, 0.29) is 5.41 Å². The summed E-state index contributed by atoms with van der Waals surface area (Å²) in [6, 6.07) is 11.3. The van der Waals surface area contributed by atoms with Crippen LogP contribution in [0.5, 0.6) is 0 Å². The molecule has 0 aromatic heterocycles. The van der Waals surface area contributed by atoms with Gasteiger partial charge in [-0.1, -0.05) is 58.0 Å². The van der Waals surface area contributed by atoms with Crippen molar-refractivity contribution in [1.29, 1.82) is 0 Å². The SMILES string of the molecule is CCN(CCOC)CC(C)(CNC(C)C)c1ccccc1. The van der Waals surface area contributed by atoms with E-state index in [1.54, 1.807) is 7.11 Å². The number of ether oxygens (including phenoxy) is 1. The number of likely N-dealkylation sites (N-methyl/N-ethyl adjacent to an activating group) is 1. The van der Waals surface area contributed by atoms with Gasteiger partial charge >= 0.3 is 0 Å². The molecule has 0 spiro atoms. The molecule has 3 heteroatoms. The van der Waals surface area contributed by atoms with Crippen LogP contribution in [0.4, 0.5) is 0 Å². The molecule has 0 saturated heterocycles. The molecule has 0 heterocycles. The van der Waals surface area contributed by atoms with Crippen molar-refractivity contribution in [3.05, 3.63) is 35.9 Å². The molecule has 21 heavy (non-hydrogen) atoms. The summed E-state index contributed by atoms with van der Waals surface area (Å²) in [5.74, 6) is 0. The Morgan fingerprint density at radius 2 is 1.90 bits per heavy atom. The third kappa shape index (κ3) is 6.16. The van der Waals surface area contributed by atoms with Crippen molar-refractivity contribution in [2.75, 3.05) is 39.9 Å². The van der Waals surface area contributed by atoms with Crippen molar-refractivity contribution in [1.82, 2.24) is 10.2 Å². The number of nitrogens with zero attached hydrogens (tertiary/aromatic N) is 1. The summed E-state index contributed by atoms with van der Waals surface area (Å²) < 4.78 is 5.24. The topological polar surface area (TPSA) is 24.5 Å². The van der Waals surface area contributed by atoms with Gasteiger partial charge in [-0.25, -0.2) is 0 Å². The molecule has 1 aromatic carbocycles. The minimum Gasteiger partial charge on any atom is -0.383 e. The number of nitrogens with one attached hydrogen (secondary N) is 1. The predicted molar refractivity (Wildman–Crippen MR) is 90.9 cm³/mol. The maximum absolute atomic E-state index is 5.24. The summed E-state index contributed by atoms with van der Waals surface area (Å²) in [5, 5.41) is 3.61. The number of methoxy groups -OCH3 is 1. The molecule has 0 aliphatic heterocycles. The molecule has 0 radical (unpaired) electrons. The van der Waals surface area contributed by atoms with Gasteiger partial charge in [-0.2, -0.15) is 0 Å². The fourth-order valence-electron chi connectivity index (χ4n) is 2.58. The zero-order chi connectivity index (χ0) is 15.7. The summed E-state index contributed by atoms with van der Waals surface area (Å²) in [6.45, 7) is 13.8. The van der Waals surface area contributed by atoms with Crippen LogP contribution in [0.1, 0.15) is 33.3 Å². The molecule has 0 amide bonds. The molecular weight excluding hydrogens is 260 g/mol. The van der Waals surface area contributed by atoms with Gasteiger partial charge in [0.25, 0.3) is 0 Å². The smallest absolute Gasteiger partial charge is 0.0589 e. The highest BCUT2D eigenvalue weighted by Gasteiger charge is 2.28. The first-order chi connectivity index (χ1) is 10.0. The van der Waals surface area contributed by atoms with Crippen LogP contribution in [0.15, 0.2) is 30.3 Å². The summed E-state index contributed by atoms with van der Waals surface area (Å²) in [4.78, 5) is 2.47. The lowest BCUT2D eigenvalue weighted by Crippen LogP contribution is -2.47. The molecule has 0 fully saturated rings. The Morgan fingerprint density at radius 3 is 2.43 bits per heavy atom. The average Bonchev–Trinajstić information content (AvgIpc) is 2.50. The maximum atomic E-state index is 5.24. The van der Waals surface area contributed by atoms with Crippen molar-refractivity contribution < 1.29 is 4.74 Å². The molecular formula is C18H32N2O. The Bertz CT molecular complexity index is 380. The Hall–Kier alpha value is -0.900. The Labute approximate surface area is 130 Å². The molecule has 0 aliphatic rings. The van der Waals surface area contributed by atoms with E-state index in [0.29, 0.717) is 6.04 Å². The normalized spacial score (nSPS) is 14.6. The highest BCUT2D eigenvalue weighted by Crippen LogP contribution is 2.24. The van der Waals surface area contributed by atoms with Gasteiger partial charge in [0.15, 0.2) is 0 Å². The molecule has 1 aromatic rings. The van der Waals surface area contributed by atoms with Crippen molar-refractivity contribution in [3.8, 4) is 0 Å². The summed E-state index contributed by atoms with van der Waals surface area (Å²) in [5.41, 5.74) is 1.50. The highest BCUT2D eigenvalue weighted by molar-refractivity contribution is 5.25. The zero-order valence-corrected chi connectivity index (χ0v) is 14.4. The summed E-state index contributed by atoms with van der Waals surface area (Å²) >= 11 is 0. The van der Waals surface area contributed by atoms with Crippen LogP contribution in [-0.2, 0) is 10.2 Å². The van der Waals surface area contributed by atoms with E-state index < -0.39 is 0 Å². The molecule has 0 saturated carbocycles. The van der Waals surface area contributed by atoms with E-state index >= 15 is 0 Å². The van der Waals surface area contributed by atoms with E-state index in [9.17, 15) is 0 Å². The van der Waals surface area contributed by atoms with Gasteiger partial charge in [0.2, 0.25) is 0 Å². The summed E-state index contributed by atoms with van der Waals surface area (Å²) in [6.07, 6.45) is 0. The largest absolute Gasteiger partial charge is 0.383 e. The van der Waals surface area contributed by atoms with Gasteiger partial charge in [0, 0.05) is 38.2 Å². The Balaban J connectivity index is 2.85. The highest BCUT2D eigenvalue weighted by atomic mass is 16.5.